The Labute approximate surface area is 121 Å². The second-order valence-corrected chi connectivity index (χ2v) is 5.80. The molecule has 114 valence electrons. The van der Waals surface area contributed by atoms with Gasteiger partial charge in [-0.25, -0.2) is 0 Å². The molecule has 0 radical (unpaired) electrons. The fraction of sp³-hybridized carbons (Fsp3) is 0.800. The molecule has 1 aromatic heterocycles. The van der Waals surface area contributed by atoms with Crippen LogP contribution >= 0.6 is 0 Å². The van der Waals surface area contributed by atoms with E-state index in [-0.39, 0.29) is 0 Å². The predicted molar refractivity (Wildman–Crippen MR) is 78.5 cm³/mol. The topological polar surface area (TPSA) is 39.5 Å². The SMILES string of the molecule is CC(C)N(CCOCC1CCCO1)Cc1cnn(C)c1. The van der Waals surface area contributed by atoms with E-state index in [4.69, 9.17) is 9.47 Å². The third-order valence-corrected chi connectivity index (χ3v) is 3.72. The Kier molecular flexibility index (Phi) is 6.01. The number of ether oxygens (including phenoxy) is 2. The minimum atomic E-state index is 0.320. The average Bonchev–Trinajstić information content (AvgIpc) is 3.04. The lowest BCUT2D eigenvalue weighted by Crippen LogP contribution is -2.33. The molecule has 1 unspecified atom stereocenters. The highest BCUT2D eigenvalue weighted by atomic mass is 16.5. The van der Waals surface area contributed by atoms with Crippen LogP contribution in [0.5, 0.6) is 0 Å². The molecule has 20 heavy (non-hydrogen) atoms. The van der Waals surface area contributed by atoms with E-state index >= 15 is 0 Å². The van der Waals surface area contributed by atoms with Crippen LogP contribution in [0.2, 0.25) is 0 Å². The lowest BCUT2D eigenvalue weighted by Gasteiger charge is -2.26. The molecule has 1 aromatic rings. The van der Waals surface area contributed by atoms with Gasteiger partial charge in [0, 0.05) is 44.5 Å². The fourth-order valence-electron chi connectivity index (χ4n) is 2.48. The Morgan fingerprint density at radius 3 is 3.00 bits per heavy atom. The summed E-state index contributed by atoms with van der Waals surface area (Å²) in [6.45, 7) is 8.70. The first-order valence-electron chi connectivity index (χ1n) is 7.56. The molecule has 0 bridgehead atoms. The molecule has 0 aromatic carbocycles. The molecule has 5 nitrogen and oxygen atoms in total. The van der Waals surface area contributed by atoms with Crippen LogP contribution in [0.4, 0.5) is 0 Å². The summed E-state index contributed by atoms with van der Waals surface area (Å²) in [5, 5.41) is 4.22. The quantitative estimate of drug-likeness (QED) is 0.682. The maximum atomic E-state index is 5.75. The normalized spacial score (nSPS) is 19.4. The molecule has 5 heteroatoms. The second-order valence-electron chi connectivity index (χ2n) is 5.80. The van der Waals surface area contributed by atoms with E-state index in [0.29, 0.717) is 12.1 Å². The van der Waals surface area contributed by atoms with Crippen LogP contribution in [-0.4, -0.2) is 53.2 Å². The van der Waals surface area contributed by atoms with Crippen LogP contribution in [0, 0.1) is 0 Å². The van der Waals surface area contributed by atoms with E-state index in [1.165, 1.54) is 12.0 Å². The highest BCUT2D eigenvalue weighted by molar-refractivity contribution is 5.03. The van der Waals surface area contributed by atoms with Gasteiger partial charge in [0.05, 0.1) is 25.5 Å². The van der Waals surface area contributed by atoms with Gasteiger partial charge < -0.3 is 9.47 Å². The van der Waals surface area contributed by atoms with Gasteiger partial charge in [-0.1, -0.05) is 0 Å². The summed E-state index contributed by atoms with van der Waals surface area (Å²) in [6.07, 6.45) is 6.64. The smallest absolute Gasteiger partial charge is 0.0809 e. The summed E-state index contributed by atoms with van der Waals surface area (Å²) in [5.74, 6) is 0. The first-order valence-corrected chi connectivity index (χ1v) is 7.56. The van der Waals surface area contributed by atoms with Crippen molar-refractivity contribution in [1.29, 1.82) is 0 Å². The van der Waals surface area contributed by atoms with Gasteiger partial charge >= 0.3 is 0 Å². The molecule has 1 saturated heterocycles. The van der Waals surface area contributed by atoms with Gasteiger partial charge in [0.2, 0.25) is 0 Å². The Morgan fingerprint density at radius 2 is 2.40 bits per heavy atom. The molecule has 0 N–H and O–H groups in total. The summed E-state index contributed by atoms with van der Waals surface area (Å²) in [6, 6.07) is 0.501. The lowest BCUT2D eigenvalue weighted by molar-refractivity contribution is 0.00735. The zero-order valence-corrected chi connectivity index (χ0v) is 12.9. The lowest BCUT2D eigenvalue weighted by atomic mass is 10.2. The Morgan fingerprint density at radius 1 is 1.55 bits per heavy atom. The van der Waals surface area contributed by atoms with Crippen molar-refractivity contribution >= 4 is 0 Å². The van der Waals surface area contributed by atoms with Gasteiger partial charge in [0.25, 0.3) is 0 Å². The van der Waals surface area contributed by atoms with Crippen LogP contribution in [0.1, 0.15) is 32.3 Å². The summed E-state index contributed by atoms with van der Waals surface area (Å²) >= 11 is 0. The highest BCUT2D eigenvalue weighted by Crippen LogP contribution is 2.12. The highest BCUT2D eigenvalue weighted by Gasteiger charge is 2.16. The number of nitrogens with zero attached hydrogens (tertiary/aromatic N) is 3. The van der Waals surface area contributed by atoms with E-state index in [0.717, 1.165) is 39.3 Å². The van der Waals surface area contributed by atoms with E-state index in [2.05, 4.69) is 30.0 Å². The first kappa shape index (κ1) is 15.5. The molecular weight excluding hydrogens is 254 g/mol. The van der Waals surface area contributed by atoms with Crippen molar-refractivity contribution in [1.82, 2.24) is 14.7 Å². The fourth-order valence-corrected chi connectivity index (χ4v) is 2.48. The molecular formula is C15H27N3O2. The molecule has 0 aliphatic carbocycles. The van der Waals surface area contributed by atoms with Gasteiger partial charge in [-0.15, -0.1) is 0 Å². The average molecular weight is 281 g/mol. The third kappa shape index (κ3) is 4.89. The number of aromatic nitrogens is 2. The molecule has 1 fully saturated rings. The van der Waals surface area contributed by atoms with Crippen molar-refractivity contribution in [3.05, 3.63) is 18.0 Å². The van der Waals surface area contributed by atoms with Crippen molar-refractivity contribution in [2.75, 3.05) is 26.4 Å². The standard InChI is InChI=1S/C15H27N3O2/c1-13(2)18(11-14-9-16-17(3)10-14)6-8-19-12-15-5-4-7-20-15/h9-10,13,15H,4-8,11-12H2,1-3H3. The van der Waals surface area contributed by atoms with Crippen molar-refractivity contribution < 1.29 is 9.47 Å². The van der Waals surface area contributed by atoms with E-state index in [1.807, 2.05) is 17.9 Å². The van der Waals surface area contributed by atoms with Crippen molar-refractivity contribution in [2.45, 2.75) is 45.4 Å². The Balaban J connectivity index is 1.69. The second kappa shape index (κ2) is 7.76. The molecule has 1 aliphatic heterocycles. The number of hydrogen-bond acceptors (Lipinski definition) is 4. The summed E-state index contributed by atoms with van der Waals surface area (Å²) in [5.41, 5.74) is 1.25. The molecule has 0 amide bonds. The molecule has 0 saturated carbocycles. The van der Waals surface area contributed by atoms with E-state index < -0.39 is 0 Å². The van der Waals surface area contributed by atoms with Gasteiger partial charge in [-0.3, -0.25) is 9.58 Å². The van der Waals surface area contributed by atoms with E-state index in [9.17, 15) is 0 Å². The minimum Gasteiger partial charge on any atom is -0.377 e. The predicted octanol–water partition coefficient (Wildman–Crippen LogP) is 1.83. The molecule has 0 spiro atoms. The van der Waals surface area contributed by atoms with Gasteiger partial charge in [-0.2, -0.15) is 5.10 Å². The molecule has 1 atom stereocenters. The van der Waals surface area contributed by atoms with Crippen LogP contribution in [-0.2, 0) is 23.1 Å². The zero-order chi connectivity index (χ0) is 14.4. The van der Waals surface area contributed by atoms with Crippen molar-refractivity contribution in [3.8, 4) is 0 Å². The van der Waals surface area contributed by atoms with Gasteiger partial charge in [-0.05, 0) is 26.7 Å². The van der Waals surface area contributed by atoms with Crippen LogP contribution in [0.15, 0.2) is 12.4 Å². The largest absolute Gasteiger partial charge is 0.377 e. The third-order valence-electron chi connectivity index (χ3n) is 3.72. The summed E-state index contributed by atoms with van der Waals surface area (Å²) in [7, 11) is 1.95. The maximum absolute atomic E-state index is 5.75. The molecule has 1 aliphatic rings. The first-order chi connectivity index (χ1) is 9.65. The van der Waals surface area contributed by atoms with Gasteiger partial charge in [0.1, 0.15) is 0 Å². The van der Waals surface area contributed by atoms with Crippen LogP contribution < -0.4 is 0 Å². The Hall–Kier alpha value is -0.910. The van der Waals surface area contributed by atoms with Crippen molar-refractivity contribution in [2.24, 2.45) is 7.05 Å². The van der Waals surface area contributed by atoms with E-state index in [1.54, 1.807) is 0 Å². The number of aryl methyl sites for hydroxylation is 1. The monoisotopic (exact) mass is 281 g/mol. The molecule has 2 rings (SSSR count). The number of rotatable bonds is 8. The summed E-state index contributed by atoms with van der Waals surface area (Å²) < 4.78 is 13.2. The van der Waals surface area contributed by atoms with Crippen LogP contribution in [0.3, 0.4) is 0 Å². The van der Waals surface area contributed by atoms with Gasteiger partial charge in [0.15, 0.2) is 0 Å². The van der Waals surface area contributed by atoms with Crippen LogP contribution in [0.25, 0.3) is 0 Å². The minimum absolute atomic E-state index is 0.320. The summed E-state index contributed by atoms with van der Waals surface area (Å²) in [4.78, 5) is 2.41. The van der Waals surface area contributed by atoms with Crippen molar-refractivity contribution in [3.63, 3.8) is 0 Å². The zero-order valence-electron chi connectivity index (χ0n) is 12.9. The maximum Gasteiger partial charge on any atom is 0.0809 e. The number of hydrogen-bond donors (Lipinski definition) is 0. The molecule has 2 heterocycles. The Bertz CT molecular complexity index is 386.